The Morgan fingerprint density at radius 2 is 2.00 bits per heavy atom. The highest BCUT2D eigenvalue weighted by Gasteiger charge is 2.20. The summed E-state index contributed by atoms with van der Waals surface area (Å²) in [5.41, 5.74) is 0.734. The molecule has 1 aliphatic heterocycles. The van der Waals surface area contributed by atoms with E-state index in [2.05, 4.69) is 17.1 Å². The van der Waals surface area contributed by atoms with Gasteiger partial charge in [-0.05, 0) is 19.1 Å². The third-order valence-electron chi connectivity index (χ3n) is 2.67. The van der Waals surface area contributed by atoms with Crippen LogP contribution in [0, 0.1) is 5.82 Å². The summed E-state index contributed by atoms with van der Waals surface area (Å²) in [5.74, 6) is -0.401. The third-order valence-corrected chi connectivity index (χ3v) is 3.24. The maximum atomic E-state index is 13.1. The van der Waals surface area contributed by atoms with Crippen molar-refractivity contribution in [3.05, 3.63) is 28.0 Å². The van der Waals surface area contributed by atoms with Crippen LogP contribution in [0.15, 0.2) is 12.1 Å². The Balaban J connectivity index is 2.32. The molecule has 0 radical (unpaired) electrons. The molecule has 0 aliphatic carbocycles. The van der Waals surface area contributed by atoms with Crippen molar-refractivity contribution in [2.24, 2.45) is 0 Å². The van der Waals surface area contributed by atoms with Gasteiger partial charge in [-0.1, -0.05) is 23.2 Å². The normalized spacial score (nSPS) is 21.2. The van der Waals surface area contributed by atoms with Crippen molar-refractivity contribution in [3.8, 4) is 0 Å². The molecular formula is C11H13Cl2FN2. The minimum Gasteiger partial charge on any atom is -0.366 e. The lowest BCUT2D eigenvalue weighted by Crippen LogP contribution is -2.49. The van der Waals surface area contributed by atoms with Crippen molar-refractivity contribution in [1.82, 2.24) is 5.32 Å². The second kappa shape index (κ2) is 4.78. The molecule has 88 valence electrons. The van der Waals surface area contributed by atoms with Gasteiger partial charge in [-0.3, -0.25) is 0 Å². The van der Waals surface area contributed by atoms with Crippen molar-refractivity contribution >= 4 is 28.9 Å². The maximum Gasteiger partial charge on any atom is 0.126 e. The molecule has 5 heteroatoms. The van der Waals surface area contributed by atoms with E-state index in [9.17, 15) is 4.39 Å². The molecule has 1 aliphatic rings. The molecule has 2 nitrogen and oxygen atoms in total. The summed E-state index contributed by atoms with van der Waals surface area (Å²) in [5, 5.41) is 4.08. The Hall–Kier alpha value is -0.510. The number of rotatable bonds is 1. The fourth-order valence-corrected chi connectivity index (χ4v) is 2.67. The SMILES string of the molecule is CC1CN(c2c(Cl)cc(F)cc2Cl)CCN1. The molecule has 0 bridgehead atoms. The van der Waals surface area contributed by atoms with Crippen molar-refractivity contribution < 1.29 is 4.39 Å². The van der Waals surface area contributed by atoms with Gasteiger partial charge in [0.25, 0.3) is 0 Å². The Morgan fingerprint density at radius 1 is 1.38 bits per heavy atom. The fourth-order valence-electron chi connectivity index (χ4n) is 1.97. The molecule has 1 unspecified atom stereocenters. The Labute approximate surface area is 104 Å². The standard InChI is InChI=1S/C11H13Cl2FN2/c1-7-6-16(3-2-15-7)11-9(12)4-8(14)5-10(11)13/h4-5,7,15H,2-3,6H2,1H3. The van der Waals surface area contributed by atoms with Crippen LogP contribution in [-0.2, 0) is 0 Å². The zero-order valence-corrected chi connectivity index (χ0v) is 10.4. The molecule has 1 aromatic carbocycles. The quantitative estimate of drug-likeness (QED) is 0.838. The average Bonchev–Trinajstić information content (AvgIpc) is 2.15. The summed E-state index contributed by atoms with van der Waals surface area (Å²) in [6.45, 7) is 4.63. The summed E-state index contributed by atoms with van der Waals surface area (Å²) in [4.78, 5) is 2.09. The van der Waals surface area contributed by atoms with E-state index in [-0.39, 0.29) is 0 Å². The Bertz CT molecular complexity index is 375. The van der Waals surface area contributed by atoms with E-state index in [1.54, 1.807) is 0 Å². The predicted molar refractivity (Wildman–Crippen MR) is 66.1 cm³/mol. The Morgan fingerprint density at radius 3 is 2.56 bits per heavy atom. The number of hydrogen-bond acceptors (Lipinski definition) is 2. The molecule has 1 atom stereocenters. The van der Waals surface area contributed by atoms with Crippen LogP contribution in [0.5, 0.6) is 0 Å². The minimum absolute atomic E-state index is 0.374. The molecule has 1 fully saturated rings. The van der Waals surface area contributed by atoms with E-state index in [0.29, 0.717) is 16.1 Å². The van der Waals surface area contributed by atoms with Crippen molar-refractivity contribution in [2.45, 2.75) is 13.0 Å². The number of nitrogens with one attached hydrogen (secondary N) is 1. The van der Waals surface area contributed by atoms with Crippen LogP contribution in [0.3, 0.4) is 0 Å². The highest BCUT2D eigenvalue weighted by atomic mass is 35.5. The van der Waals surface area contributed by atoms with Crippen LogP contribution >= 0.6 is 23.2 Å². The third kappa shape index (κ3) is 2.42. The molecule has 1 heterocycles. The van der Waals surface area contributed by atoms with E-state index in [1.807, 2.05) is 0 Å². The van der Waals surface area contributed by atoms with Gasteiger partial charge >= 0.3 is 0 Å². The first-order valence-electron chi connectivity index (χ1n) is 5.21. The van der Waals surface area contributed by atoms with E-state index >= 15 is 0 Å². The lowest BCUT2D eigenvalue weighted by Gasteiger charge is -2.34. The van der Waals surface area contributed by atoms with Crippen molar-refractivity contribution in [3.63, 3.8) is 0 Å². The number of anilines is 1. The van der Waals surface area contributed by atoms with Crippen LogP contribution in [0.4, 0.5) is 10.1 Å². The van der Waals surface area contributed by atoms with Gasteiger partial charge in [-0.2, -0.15) is 0 Å². The van der Waals surface area contributed by atoms with Crippen LogP contribution in [0.25, 0.3) is 0 Å². The molecule has 1 aromatic rings. The Kier molecular flexibility index (Phi) is 3.57. The lowest BCUT2D eigenvalue weighted by molar-refractivity contribution is 0.484. The van der Waals surface area contributed by atoms with Crippen LogP contribution in [0.2, 0.25) is 10.0 Å². The van der Waals surface area contributed by atoms with Crippen molar-refractivity contribution in [2.75, 3.05) is 24.5 Å². The fraction of sp³-hybridized carbons (Fsp3) is 0.455. The van der Waals surface area contributed by atoms with Gasteiger partial charge < -0.3 is 10.2 Å². The number of piperazine rings is 1. The highest BCUT2D eigenvalue weighted by Crippen LogP contribution is 2.35. The van der Waals surface area contributed by atoms with Gasteiger partial charge in [0.15, 0.2) is 0 Å². The first-order valence-corrected chi connectivity index (χ1v) is 5.96. The highest BCUT2D eigenvalue weighted by molar-refractivity contribution is 6.39. The van der Waals surface area contributed by atoms with E-state index < -0.39 is 5.82 Å². The first-order chi connectivity index (χ1) is 7.58. The molecule has 16 heavy (non-hydrogen) atoms. The second-order valence-electron chi connectivity index (χ2n) is 4.02. The number of halogens is 3. The van der Waals surface area contributed by atoms with E-state index in [0.717, 1.165) is 25.3 Å². The van der Waals surface area contributed by atoms with Crippen LogP contribution in [-0.4, -0.2) is 25.7 Å². The van der Waals surface area contributed by atoms with Crippen LogP contribution in [0.1, 0.15) is 6.92 Å². The molecule has 0 saturated carbocycles. The molecule has 0 aromatic heterocycles. The summed E-state index contributed by atoms with van der Waals surface area (Å²) in [7, 11) is 0. The number of hydrogen-bond donors (Lipinski definition) is 1. The van der Waals surface area contributed by atoms with Crippen LogP contribution < -0.4 is 10.2 Å². The monoisotopic (exact) mass is 262 g/mol. The van der Waals surface area contributed by atoms with E-state index in [1.165, 1.54) is 12.1 Å². The second-order valence-corrected chi connectivity index (χ2v) is 4.83. The number of nitrogens with zero attached hydrogens (tertiary/aromatic N) is 1. The van der Waals surface area contributed by atoms with Gasteiger partial charge in [0.1, 0.15) is 5.82 Å². The smallest absolute Gasteiger partial charge is 0.126 e. The topological polar surface area (TPSA) is 15.3 Å². The van der Waals surface area contributed by atoms with Gasteiger partial charge in [-0.25, -0.2) is 4.39 Å². The predicted octanol–water partition coefficient (Wildman–Crippen LogP) is 2.93. The zero-order valence-electron chi connectivity index (χ0n) is 8.93. The summed E-state index contributed by atoms with van der Waals surface area (Å²) >= 11 is 12.1. The lowest BCUT2D eigenvalue weighted by atomic mass is 10.2. The number of benzene rings is 1. The summed E-state index contributed by atoms with van der Waals surface area (Å²) in [6, 6.07) is 2.98. The molecule has 0 amide bonds. The van der Waals surface area contributed by atoms with Gasteiger partial charge in [0, 0.05) is 25.7 Å². The maximum absolute atomic E-state index is 13.1. The molecular weight excluding hydrogens is 250 g/mol. The molecule has 0 spiro atoms. The molecule has 1 N–H and O–H groups in total. The van der Waals surface area contributed by atoms with E-state index in [4.69, 9.17) is 23.2 Å². The average molecular weight is 263 g/mol. The van der Waals surface area contributed by atoms with Gasteiger partial charge in [-0.15, -0.1) is 0 Å². The molecule has 1 saturated heterocycles. The van der Waals surface area contributed by atoms with Crippen molar-refractivity contribution in [1.29, 1.82) is 0 Å². The summed E-state index contributed by atoms with van der Waals surface area (Å²) < 4.78 is 13.1. The first kappa shape index (κ1) is 12.0. The zero-order chi connectivity index (χ0) is 11.7. The minimum atomic E-state index is -0.401. The summed E-state index contributed by atoms with van der Waals surface area (Å²) in [6.07, 6.45) is 0. The van der Waals surface area contributed by atoms with Gasteiger partial charge in [0.2, 0.25) is 0 Å². The largest absolute Gasteiger partial charge is 0.366 e. The molecule has 2 rings (SSSR count). The van der Waals surface area contributed by atoms with Gasteiger partial charge in [0.05, 0.1) is 15.7 Å².